The number of benzene rings is 1. The van der Waals surface area contributed by atoms with Gasteiger partial charge in [-0.15, -0.1) is 24.0 Å². The third-order valence-corrected chi connectivity index (χ3v) is 5.38. The van der Waals surface area contributed by atoms with E-state index in [9.17, 15) is 0 Å². The van der Waals surface area contributed by atoms with Crippen LogP contribution in [0.4, 0.5) is 0 Å². The fourth-order valence-corrected chi connectivity index (χ4v) is 3.68. The topological polar surface area (TPSA) is 53.6 Å². The molecule has 2 fully saturated rings. The Hall–Kier alpha value is -0.820. The van der Waals surface area contributed by atoms with Crippen molar-refractivity contribution in [3.8, 4) is 0 Å². The number of nitrogens with one attached hydrogen (secondary N) is 1. The number of aliphatic imine (C=N–C) groups is 1. The molecule has 24 heavy (non-hydrogen) atoms. The predicted molar refractivity (Wildman–Crippen MR) is 112 cm³/mol. The molecule has 3 rings (SSSR count). The van der Waals surface area contributed by atoms with Gasteiger partial charge in [-0.25, -0.2) is 0 Å². The van der Waals surface area contributed by atoms with Gasteiger partial charge in [-0.05, 0) is 38.2 Å². The van der Waals surface area contributed by atoms with Crippen LogP contribution in [0.25, 0.3) is 0 Å². The molecule has 2 aliphatic rings. The van der Waals surface area contributed by atoms with Gasteiger partial charge in [0.1, 0.15) is 0 Å². The van der Waals surface area contributed by atoms with Crippen LogP contribution in [-0.4, -0.2) is 36.0 Å². The molecule has 1 atom stereocenters. The van der Waals surface area contributed by atoms with Crippen molar-refractivity contribution in [1.82, 2.24) is 10.2 Å². The highest BCUT2D eigenvalue weighted by molar-refractivity contribution is 14.0. The second-order valence-electron chi connectivity index (χ2n) is 7.28. The summed E-state index contributed by atoms with van der Waals surface area (Å²) < 4.78 is 0. The second-order valence-corrected chi connectivity index (χ2v) is 7.28. The quantitative estimate of drug-likeness (QED) is 0.402. The standard InChI is InChI=1S/C19H30N4.HI/c1-15(16-8-4-3-5-9-16)22-19(12-6-7-13-19)14-21-18(20)23(2)17-10-11-17;/h3-5,8-9,15,17,22H,6-7,10-14H2,1-2H3,(H2,20,21);1H. The maximum atomic E-state index is 6.19. The summed E-state index contributed by atoms with van der Waals surface area (Å²) in [5.41, 5.74) is 7.63. The molecule has 5 heteroatoms. The molecule has 0 bridgehead atoms. The van der Waals surface area contributed by atoms with Crippen molar-refractivity contribution in [3.05, 3.63) is 35.9 Å². The summed E-state index contributed by atoms with van der Waals surface area (Å²) >= 11 is 0. The average molecular weight is 442 g/mol. The van der Waals surface area contributed by atoms with Crippen molar-refractivity contribution in [3.63, 3.8) is 0 Å². The Balaban J connectivity index is 0.00000208. The minimum absolute atomic E-state index is 0. The molecular weight excluding hydrogens is 411 g/mol. The molecule has 0 spiro atoms. The Kier molecular flexibility index (Phi) is 6.92. The molecule has 0 saturated heterocycles. The summed E-state index contributed by atoms with van der Waals surface area (Å²) in [7, 11) is 2.07. The minimum Gasteiger partial charge on any atom is -0.370 e. The van der Waals surface area contributed by atoms with Crippen LogP contribution < -0.4 is 11.1 Å². The number of nitrogens with two attached hydrogens (primary N) is 1. The van der Waals surface area contributed by atoms with Crippen LogP contribution in [0.5, 0.6) is 0 Å². The van der Waals surface area contributed by atoms with E-state index in [1.54, 1.807) is 0 Å². The second kappa shape index (κ2) is 8.52. The maximum Gasteiger partial charge on any atom is 0.191 e. The third kappa shape index (κ3) is 4.85. The van der Waals surface area contributed by atoms with E-state index >= 15 is 0 Å². The lowest BCUT2D eigenvalue weighted by molar-refractivity contribution is 0.306. The van der Waals surface area contributed by atoms with Crippen molar-refractivity contribution in [2.45, 2.75) is 63.1 Å². The summed E-state index contributed by atoms with van der Waals surface area (Å²) in [6, 6.07) is 11.6. The van der Waals surface area contributed by atoms with Gasteiger partial charge in [-0.3, -0.25) is 4.99 Å². The first-order valence-corrected chi connectivity index (χ1v) is 8.95. The molecule has 0 aromatic heterocycles. The van der Waals surface area contributed by atoms with Gasteiger partial charge in [0.25, 0.3) is 0 Å². The normalized spacial score (nSPS) is 21.2. The van der Waals surface area contributed by atoms with Gasteiger partial charge < -0.3 is 16.0 Å². The van der Waals surface area contributed by atoms with Crippen LogP contribution >= 0.6 is 24.0 Å². The van der Waals surface area contributed by atoms with Gasteiger partial charge in [0.15, 0.2) is 5.96 Å². The van der Waals surface area contributed by atoms with E-state index in [2.05, 4.69) is 54.5 Å². The monoisotopic (exact) mass is 442 g/mol. The minimum atomic E-state index is 0. The lowest BCUT2D eigenvalue weighted by atomic mass is 9.95. The number of rotatable bonds is 6. The molecule has 4 nitrogen and oxygen atoms in total. The summed E-state index contributed by atoms with van der Waals surface area (Å²) in [4.78, 5) is 6.89. The Bertz CT molecular complexity index is 536. The SMILES string of the molecule is CC(NC1(CN=C(N)N(C)C2CC2)CCCC1)c1ccccc1.I. The van der Waals surface area contributed by atoms with Crippen molar-refractivity contribution >= 4 is 29.9 Å². The third-order valence-electron chi connectivity index (χ3n) is 5.38. The average Bonchev–Trinajstić information content (AvgIpc) is 3.33. The summed E-state index contributed by atoms with van der Waals surface area (Å²) in [5, 5.41) is 3.87. The van der Waals surface area contributed by atoms with E-state index in [-0.39, 0.29) is 29.5 Å². The van der Waals surface area contributed by atoms with Crippen LogP contribution in [0, 0.1) is 0 Å². The van der Waals surface area contributed by atoms with E-state index in [0.29, 0.717) is 18.0 Å². The molecule has 0 heterocycles. The van der Waals surface area contributed by atoms with Crippen LogP contribution in [0.1, 0.15) is 57.1 Å². The first-order chi connectivity index (χ1) is 11.1. The van der Waals surface area contributed by atoms with Crippen LogP contribution in [0.15, 0.2) is 35.3 Å². The lowest BCUT2D eigenvalue weighted by Crippen LogP contribution is -2.48. The molecule has 2 aliphatic carbocycles. The lowest BCUT2D eigenvalue weighted by Gasteiger charge is -2.33. The van der Waals surface area contributed by atoms with Crippen molar-refractivity contribution in [1.29, 1.82) is 0 Å². The van der Waals surface area contributed by atoms with E-state index in [4.69, 9.17) is 10.7 Å². The molecule has 134 valence electrons. The summed E-state index contributed by atoms with van der Waals surface area (Å²) in [6.45, 7) is 3.03. The molecular formula is C19H31IN4. The van der Waals surface area contributed by atoms with Gasteiger partial charge in [-0.2, -0.15) is 0 Å². The first kappa shape index (κ1) is 19.5. The van der Waals surface area contributed by atoms with Gasteiger partial charge in [-0.1, -0.05) is 43.2 Å². The van der Waals surface area contributed by atoms with Crippen LogP contribution in [0.3, 0.4) is 0 Å². The number of halogens is 1. The van der Waals surface area contributed by atoms with E-state index in [1.165, 1.54) is 44.1 Å². The summed E-state index contributed by atoms with van der Waals surface area (Å²) in [6.07, 6.45) is 7.44. The fraction of sp³-hybridized carbons (Fsp3) is 0.632. The van der Waals surface area contributed by atoms with E-state index in [1.807, 2.05) is 0 Å². The van der Waals surface area contributed by atoms with Crippen molar-refractivity contribution in [2.75, 3.05) is 13.6 Å². The molecule has 2 saturated carbocycles. The van der Waals surface area contributed by atoms with Gasteiger partial charge in [0.05, 0.1) is 6.54 Å². The highest BCUT2D eigenvalue weighted by Crippen LogP contribution is 2.33. The Morgan fingerprint density at radius 2 is 1.92 bits per heavy atom. The molecule has 3 N–H and O–H groups in total. The molecule has 0 amide bonds. The number of hydrogen-bond donors (Lipinski definition) is 2. The van der Waals surface area contributed by atoms with Gasteiger partial charge in [0, 0.05) is 24.7 Å². The van der Waals surface area contributed by atoms with Gasteiger partial charge >= 0.3 is 0 Å². The molecule has 1 aromatic carbocycles. The Labute approximate surface area is 163 Å². The zero-order valence-electron chi connectivity index (χ0n) is 14.9. The number of nitrogens with zero attached hydrogens (tertiary/aromatic N) is 2. The highest BCUT2D eigenvalue weighted by Gasteiger charge is 2.35. The van der Waals surface area contributed by atoms with E-state index < -0.39 is 0 Å². The molecule has 0 aliphatic heterocycles. The van der Waals surface area contributed by atoms with Crippen LogP contribution in [0.2, 0.25) is 0 Å². The zero-order chi connectivity index (χ0) is 16.3. The van der Waals surface area contributed by atoms with Crippen LogP contribution in [-0.2, 0) is 0 Å². The zero-order valence-corrected chi connectivity index (χ0v) is 17.2. The Morgan fingerprint density at radius 1 is 1.29 bits per heavy atom. The Morgan fingerprint density at radius 3 is 2.50 bits per heavy atom. The molecule has 0 radical (unpaired) electrons. The largest absolute Gasteiger partial charge is 0.370 e. The van der Waals surface area contributed by atoms with Crippen molar-refractivity contribution in [2.24, 2.45) is 10.7 Å². The molecule has 1 aromatic rings. The first-order valence-electron chi connectivity index (χ1n) is 8.95. The van der Waals surface area contributed by atoms with Gasteiger partial charge in [0.2, 0.25) is 0 Å². The fourth-order valence-electron chi connectivity index (χ4n) is 3.68. The smallest absolute Gasteiger partial charge is 0.191 e. The highest BCUT2D eigenvalue weighted by atomic mass is 127. The predicted octanol–water partition coefficient (Wildman–Crippen LogP) is 3.68. The summed E-state index contributed by atoms with van der Waals surface area (Å²) in [5.74, 6) is 0.702. The number of guanidine groups is 1. The van der Waals surface area contributed by atoms with E-state index in [0.717, 1.165) is 6.54 Å². The molecule has 1 unspecified atom stereocenters. The number of hydrogen-bond acceptors (Lipinski definition) is 2. The maximum absolute atomic E-state index is 6.19. The van der Waals surface area contributed by atoms with Crippen molar-refractivity contribution < 1.29 is 0 Å².